The number of benzene rings is 4. The lowest BCUT2D eigenvalue weighted by Crippen LogP contribution is -2.54. The van der Waals surface area contributed by atoms with Gasteiger partial charge in [0.2, 0.25) is 11.8 Å². The average molecular weight is 534 g/mol. The molecule has 4 aromatic rings. The predicted molar refractivity (Wildman–Crippen MR) is 148 cm³/mol. The molecule has 7 nitrogen and oxygen atoms in total. The van der Waals surface area contributed by atoms with E-state index >= 15 is 0 Å². The highest BCUT2D eigenvalue weighted by Crippen LogP contribution is 2.64. The molecule has 0 N–H and O–H groups in total. The summed E-state index contributed by atoms with van der Waals surface area (Å²) in [6, 6.07) is 28.7. The number of imide groups is 1. The summed E-state index contributed by atoms with van der Waals surface area (Å²) in [6.45, 7) is 0. The van der Waals surface area contributed by atoms with Crippen molar-refractivity contribution in [2.45, 2.75) is 11.3 Å². The third-order valence-electron chi connectivity index (χ3n) is 8.25. The van der Waals surface area contributed by atoms with Gasteiger partial charge < -0.3 is 0 Å². The summed E-state index contributed by atoms with van der Waals surface area (Å²) >= 11 is 6.49. The lowest BCUT2D eigenvalue weighted by molar-refractivity contribution is -0.384. The van der Waals surface area contributed by atoms with Crippen LogP contribution in [0.3, 0.4) is 0 Å². The summed E-state index contributed by atoms with van der Waals surface area (Å²) in [4.78, 5) is 45.2. The Morgan fingerprint density at radius 2 is 1.41 bits per heavy atom. The topological polar surface area (TPSA) is 92.9 Å². The molecular weight excluding hydrogens is 514 g/mol. The SMILES string of the molecule is O=C1[C@@H]2C3c4ccccc4C(C=Nc4ccc([N+](=O)[O-])cc4)(c4ccccc43)[C@H]2C(=O)N1c1ccccc1Cl. The molecular formula is C31H20ClN3O4. The zero-order chi connectivity index (χ0) is 26.9. The highest BCUT2D eigenvalue weighted by atomic mass is 35.5. The molecule has 2 bridgehead atoms. The molecule has 8 heteroatoms. The number of nitrogens with zero attached hydrogens (tertiary/aromatic N) is 3. The number of anilines is 1. The van der Waals surface area contributed by atoms with Crippen molar-refractivity contribution in [2.24, 2.45) is 16.8 Å². The molecule has 2 amide bonds. The Hall–Kier alpha value is -4.62. The van der Waals surface area contributed by atoms with E-state index in [-0.39, 0.29) is 23.4 Å². The first kappa shape index (κ1) is 23.5. The van der Waals surface area contributed by atoms with E-state index < -0.39 is 22.2 Å². The van der Waals surface area contributed by atoms with Crippen LogP contribution in [0.25, 0.3) is 0 Å². The van der Waals surface area contributed by atoms with Gasteiger partial charge in [-0.15, -0.1) is 0 Å². The second-order valence-electron chi connectivity index (χ2n) is 10.0. The molecule has 1 fully saturated rings. The van der Waals surface area contributed by atoms with Crippen LogP contribution in [-0.2, 0) is 15.0 Å². The summed E-state index contributed by atoms with van der Waals surface area (Å²) in [5, 5.41) is 11.5. The molecule has 1 saturated heterocycles. The number of nitro groups is 1. The maximum Gasteiger partial charge on any atom is 0.269 e. The normalized spacial score (nSPS) is 24.5. The molecule has 4 aliphatic rings. The van der Waals surface area contributed by atoms with E-state index in [4.69, 9.17) is 16.6 Å². The number of rotatable bonds is 4. The van der Waals surface area contributed by atoms with Gasteiger partial charge in [0.05, 0.1) is 38.6 Å². The molecule has 0 aromatic heterocycles. The van der Waals surface area contributed by atoms with Gasteiger partial charge >= 0.3 is 0 Å². The van der Waals surface area contributed by atoms with Crippen LogP contribution in [0, 0.1) is 22.0 Å². The van der Waals surface area contributed by atoms with Crippen molar-refractivity contribution in [3.05, 3.63) is 134 Å². The van der Waals surface area contributed by atoms with Crippen molar-refractivity contribution >= 4 is 46.7 Å². The molecule has 0 radical (unpaired) electrons. The quantitative estimate of drug-likeness (QED) is 0.135. The van der Waals surface area contributed by atoms with E-state index in [0.717, 1.165) is 22.3 Å². The minimum atomic E-state index is -1.03. The highest BCUT2D eigenvalue weighted by molar-refractivity contribution is 6.36. The molecule has 0 saturated carbocycles. The number of hydrogen-bond acceptors (Lipinski definition) is 5. The summed E-state index contributed by atoms with van der Waals surface area (Å²) in [5.74, 6) is -2.26. The summed E-state index contributed by atoms with van der Waals surface area (Å²) in [6.07, 6.45) is 1.76. The first-order chi connectivity index (χ1) is 18.9. The van der Waals surface area contributed by atoms with E-state index in [1.165, 1.54) is 17.0 Å². The number of carbonyl (C=O) groups excluding carboxylic acids is 2. The fourth-order valence-electron chi connectivity index (χ4n) is 6.76. The van der Waals surface area contributed by atoms with Crippen molar-refractivity contribution in [3.63, 3.8) is 0 Å². The van der Waals surface area contributed by atoms with Gasteiger partial charge in [0.25, 0.3) is 5.69 Å². The van der Waals surface area contributed by atoms with Crippen LogP contribution < -0.4 is 4.90 Å². The van der Waals surface area contributed by atoms with Gasteiger partial charge in [0.15, 0.2) is 0 Å². The molecule has 190 valence electrons. The second kappa shape index (κ2) is 8.44. The standard InChI is InChI=1S/C31H20ClN3O4/c32-24-11-5-6-12-25(24)34-29(36)27-26-20-7-1-3-9-22(20)31(28(27)30(34)37,23-10-4-2-8-21(23)26)17-33-18-13-15-19(16-14-18)35(38)39/h1-17,26-28H/t26?,27-,28-,31?/m1/s1. The van der Waals surface area contributed by atoms with E-state index in [2.05, 4.69) is 0 Å². The van der Waals surface area contributed by atoms with E-state index in [0.29, 0.717) is 16.4 Å². The summed E-state index contributed by atoms with van der Waals surface area (Å²) in [5.41, 5.74) is 3.67. The van der Waals surface area contributed by atoms with Gasteiger partial charge in [0.1, 0.15) is 0 Å². The van der Waals surface area contributed by atoms with Crippen LogP contribution in [0.15, 0.2) is 102 Å². The summed E-state index contributed by atoms with van der Waals surface area (Å²) in [7, 11) is 0. The van der Waals surface area contributed by atoms with Crippen LogP contribution in [0.4, 0.5) is 17.1 Å². The first-order valence-electron chi connectivity index (χ1n) is 12.5. The number of carbonyl (C=O) groups is 2. The number of para-hydroxylation sites is 1. The van der Waals surface area contributed by atoms with Gasteiger partial charge in [-0.3, -0.25) is 24.7 Å². The van der Waals surface area contributed by atoms with Crippen LogP contribution in [0.5, 0.6) is 0 Å². The Labute approximate surface area is 228 Å². The van der Waals surface area contributed by atoms with Crippen molar-refractivity contribution in [2.75, 3.05) is 4.90 Å². The van der Waals surface area contributed by atoms with Gasteiger partial charge in [-0.2, -0.15) is 0 Å². The number of aliphatic imine (C=N–C) groups is 1. The fourth-order valence-corrected chi connectivity index (χ4v) is 6.98. The Morgan fingerprint density at radius 3 is 2.03 bits per heavy atom. The number of nitro benzene ring substituents is 1. The summed E-state index contributed by atoms with van der Waals surface area (Å²) < 4.78 is 0. The Bertz CT molecular complexity index is 1680. The number of halogens is 1. The lowest BCUT2D eigenvalue weighted by Gasteiger charge is -2.52. The highest BCUT2D eigenvalue weighted by Gasteiger charge is 2.68. The Balaban J connectivity index is 1.48. The maximum absolute atomic E-state index is 14.4. The zero-order valence-corrected chi connectivity index (χ0v) is 21.2. The number of amides is 2. The van der Waals surface area contributed by atoms with Crippen molar-refractivity contribution in [1.29, 1.82) is 0 Å². The molecule has 0 unspecified atom stereocenters. The maximum atomic E-state index is 14.4. The predicted octanol–water partition coefficient (Wildman–Crippen LogP) is 6.20. The largest absolute Gasteiger partial charge is 0.274 e. The monoisotopic (exact) mass is 533 g/mol. The van der Waals surface area contributed by atoms with E-state index in [1.807, 2.05) is 48.5 Å². The molecule has 4 aromatic carbocycles. The molecule has 1 aliphatic heterocycles. The van der Waals surface area contributed by atoms with Gasteiger partial charge in [0, 0.05) is 24.3 Å². The third-order valence-corrected chi connectivity index (χ3v) is 8.57. The van der Waals surface area contributed by atoms with Crippen molar-refractivity contribution in [3.8, 4) is 0 Å². The zero-order valence-electron chi connectivity index (χ0n) is 20.4. The van der Waals surface area contributed by atoms with Crippen LogP contribution >= 0.6 is 11.6 Å². The van der Waals surface area contributed by atoms with E-state index in [1.54, 1.807) is 42.6 Å². The Morgan fingerprint density at radius 1 is 0.821 bits per heavy atom. The minimum absolute atomic E-state index is 0.0343. The second-order valence-corrected chi connectivity index (χ2v) is 10.4. The van der Waals surface area contributed by atoms with Crippen molar-refractivity contribution < 1.29 is 14.5 Å². The average Bonchev–Trinajstić information content (AvgIpc) is 3.23. The van der Waals surface area contributed by atoms with Crippen LogP contribution in [-0.4, -0.2) is 23.0 Å². The lowest BCUT2D eigenvalue weighted by atomic mass is 9.47. The third kappa shape index (κ3) is 3.14. The van der Waals surface area contributed by atoms with Gasteiger partial charge in [-0.05, 0) is 46.5 Å². The van der Waals surface area contributed by atoms with Crippen molar-refractivity contribution in [1.82, 2.24) is 0 Å². The van der Waals surface area contributed by atoms with Gasteiger partial charge in [-0.1, -0.05) is 72.3 Å². The molecule has 0 spiro atoms. The van der Waals surface area contributed by atoms with Crippen LogP contribution in [0.2, 0.25) is 5.02 Å². The molecule has 2 atom stereocenters. The Kier molecular flexibility index (Phi) is 5.09. The van der Waals surface area contributed by atoms with Gasteiger partial charge in [-0.25, -0.2) is 4.90 Å². The first-order valence-corrected chi connectivity index (χ1v) is 12.9. The number of non-ortho nitro benzene ring substituents is 1. The number of hydrogen-bond donors (Lipinski definition) is 0. The minimum Gasteiger partial charge on any atom is -0.274 e. The molecule has 3 aliphatic carbocycles. The molecule has 1 heterocycles. The van der Waals surface area contributed by atoms with E-state index in [9.17, 15) is 19.7 Å². The fraction of sp³-hybridized carbons (Fsp3) is 0.129. The molecule has 8 rings (SSSR count). The smallest absolute Gasteiger partial charge is 0.269 e. The van der Waals surface area contributed by atoms with Crippen LogP contribution in [0.1, 0.15) is 28.2 Å². The molecule has 39 heavy (non-hydrogen) atoms.